The summed E-state index contributed by atoms with van der Waals surface area (Å²) in [4.78, 5) is 15.4. The summed E-state index contributed by atoms with van der Waals surface area (Å²) in [6.45, 7) is 2.94. The summed E-state index contributed by atoms with van der Waals surface area (Å²) in [5.41, 5.74) is 3.07. The van der Waals surface area contributed by atoms with Gasteiger partial charge in [0, 0.05) is 13.1 Å². The largest absolute Gasteiger partial charge is 0.379 e. The predicted octanol–water partition coefficient (Wildman–Crippen LogP) is -0.402. The molecule has 1 fully saturated rings. The molecule has 0 spiro atoms. The number of hydrogen-bond acceptors (Lipinski definition) is 7. The topological polar surface area (TPSA) is 95.2 Å². The fourth-order valence-corrected chi connectivity index (χ4v) is 2.24. The van der Waals surface area contributed by atoms with Crippen molar-refractivity contribution in [1.29, 1.82) is 0 Å². The Morgan fingerprint density at radius 2 is 2.37 bits per heavy atom. The van der Waals surface area contributed by atoms with Gasteiger partial charge in [-0.25, -0.2) is 10.1 Å². The first-order valence-corrected chi connectivity index (χ1v) is 7.05. The van der Waals surface area contributed by atoms with Gasteiger partial charge in [-0.05, 0) is 0 Å². The number of thioether (sulfide) groups is 1. The van der Waals surface area contributed by atoms with Gasteiger partial charge in [0.05, 0.1) is 19.0 Å². The van der Waals surface area contributed by atoms with Crippen LogP contribution in [-0.2, 0) is 9.53 Å². The van der Waals surface area contributed by atoms with Crippen LogP contribution in [-0.4, -0.2) is 62.5 Å². The molecule has 0 radical (unpaired) electrons. The van der Waals surface area contributed by atoms with Crippen molar-refractivity contribution in [3.05, 3.63) is 6.33 Å². The minimum absolute atomic E-state index is 0.187. The van der Waals surface area contributed by atoms with Crippen LogP contribution in [0.1, 0.15) is 0 Å². The molecule has 1 amide bonds. The Kier molecular flexibility index (Phi) is 5.51. The number of ether oxygens (including phenoxy) is 1. The van der Waals surface area contributed by atoms with E-state index >= 15 is 0 Å². The van der Waals surface area contributed by atoms with E-state index in [1.165, 1.54) is 18.1 Å². The first-order valence-electron chi connectivity index (χ1n) is 5.65. The Hall–Kier alpha value is -1.23. The molecule has 2 rings (SSSR count). The molecular formula is C9H14N6O2S2. The van der Waals surface area contributed by atoms with Gasteiger partial charge in [-0.1, -0.05) is 24.0 Å². The number of carbonyl (C=O) groups is 1. The van der Waals surface area contributed by atoms with Crippen molar-refractivity contribution in [3.8, 4) is 0 Å². The zero-order valence-corrected chi connectivity index (χ0v) is 11.7. The number of H-pyrrole nitrogens is 1. The maximum Gasteiger partial charge on any atom is 0.237 e. The van der Waals surface area contributed by atoms with Crippen molar-refractivity contribution in [2.24, 2.45) is 0 Å². The van der Waals surface area contributed by atoms with Gasteiger partial charge in [-0.3, -0.25) is 10.1 Å². The summed E-state index contributed by atoms with van der Waals surface area (Å²) in [6.07, 6.45) is 1.33. The average Bonchev–Trinajstić information content (AvgIpc) is 2.90. The van der Waals surface area contributed by atoms with Crippen LogP contribution in [0.5, 0.6) is 0 Å². The van der Waals surface area contributed by atoms with Crippen LogP contribution in [0.2, 0.25) is 0 Å². The van der Waals surface area contributed by atoms with Crippen LogP contribution in [0, 0.1) is 0 Å². The zero-order chi connectivity index (χ0) is 13.5. The highest BCUT2D eigenvalue weighted by molar-refractivity contribution is 8.23. The van der Waals surface area contributed by atoms with Gasteiger partial charge in [-0.15, -0.1) is 0 Å². The molecule has 0 aromatic carbocycles. The second kappa shape index (κ2) is 7.38. The number of anilines is 1. The highest BCUT2D eigenvalue weighted by atomic mass is 32.2. The Labute approximate surface area is 119 Å². The predicted molar refractivity (Wildman–Crippen MR) is 75.6 cm³/mol. The smallest absolute Gasteiger partial charge is 0.237 e. The summed E-state index contributed by atoms with van der Waals surface area (Å²) in [7, 11) is 0. The SMILES string of the molecule is O=C(CSC(=S)NN1CCOCC1)Nc1ncn[nH]1. The van der Waals surface area contributed by atoms with E-state index in [9.17, 15) is 4.79 Å². The number of hydrazine groups is 1. The third-order valence-electron chi connectivity index (χ3n) is 2.27. The second-order valence-corrected chi connectivity index (χ2v) is 5.32. The molecule has 0 aliphatic carbocycles. The van der Waals surface area contributed by atoms with Crippen molar-refractivity contribution in [2.45, 2.75) is 0 Å². The number of hydrogen-bond donors (Lipinski definition) is 3. The number of thiocarbonyl (C=S) groups is 1. The number of amides is 1. The molecule has 1 aromatic rings. The number of rotatable bonds is 4. The van der Waals surface area contributed by atoms with E-state index in [0.717, 1.165) is 13.1 Å². The average molecular weight is 302 g/mol. The number of nitrogens with one attached hydrogen (secondary N) is 3. The molecule has 3 N–H and O–H groups in total. The van der Waals surface area contributed by atoms with Gasteiger partial charge < -0.3 is 10.2 Å². The highest BCUT2D eigenvalue weighted by Gasteiger charge is 2.12. The molecule has 0 atom stereocenters. The normalized spacial score (nSPS) is 16.0. The highest BCUT2D eigenvalue weighted by Crippen LogP contribution is 2.05. The molecule has 1 aliphatic rings. The van der Waals surface area contributed by atoms with E-state index in [2.05, 4.69) is 25.9 Å². The molecule has 104 valence electrons. The van der Waals surface area contributed by atoms with Crippen molar-refractivity contribution in [2.75, 3.05) is 37.4 Å². The van der Waals surface area contributed by atoms with Crippen LogP contribution in [0.3, 0.4) is 0 Å². The van der Waals surface area contributed by atoms with Crippen LogP contribution in [0.4, 0.5) is 5.95 Å². The van der Waals surface area contributed by atoms with Crippen molar-refractivity contribution in [3.63, 3.8) is 0 Å². The summed E-state index contributed by atoms with van der Waals surface area (Å²) in [5.74, 6) is 0.363. The van der Waals surface area contributed by atoms with E-state index in [1.54, 1.807) is 0 Å². The molecule has 19 heavy (non-hydrogen) atoms. The van der Waals surface area contributed by atoms with Gasteiger partial charge in [0.1, 0.15) is 10.6 Å². The molecule has 2 heterocycles. The number of carbonyl (C=O) groups excluding carboxylic acids is 1. The zero-order valence-electron chi connectivity index (χ0n) is 10.1. The van der Waals surface area contributed by atoms with E-state index in [0.29, 0.717) is 23.5 Å². The van der Waals surface area contributed by atoms with Crippen LogP contribution >= 0.6 is 24.0 Å². The maximum absolute atomic E-state index is 11.6. The molecule has 0 unspecified atom stereocenters. The lowest BCUT2D eigenvalue weighted by molar-refractivity contribution is -0.113. The van der Waals surface area contributed by atoms with Gasteiger partial charge >= 0.3 is 0 Å². The van der Waals surface area contributed by atoms with Gasteiger partial charge in [0.25, 0.3) is 0 Å². The fraction of sp³-hybridized carbons (Fsp3) is 0.556. The first-order chi connectivity index (χ1) is 9.24. The Bertz CT molecular complexity index is 420. The van der Waals surface area contributed by atoms with E-state index in [4.69, 9.17) is 17.0 Å². The molecule has 10 heteroatoms. The summed E-state index contributed by atoms with van der Waals surface area (Å²) in [5, 5.41) is 10.7. The van der Waals surface area contributed by atoms with Crippen molar-refractivity contribution >= 4 is 40.2 Å². The van der Waals surface area contributed by atoms with Crippen LogP contribution in [0.25, 0.3) is 0 Å². The summed E-state index contributed by atoms with van der Waals surface area (Å²) < 4.78 is 5.79. The summed E-state index contributed by atoms with van der Waals surface area (Å²) >= 11 is 6.42. The maximum atomic E-state index is 11.6. The van der Waals surface area contributed by atoms with E-state index in [1.807, 2.05) is 5.01 Å². The standard InChI is InChI=1S/C9H14N6O2S2/c16-7(12-8-10-6-11-13-8)5-19-9(18)14-15-1-3-17-4-2-15/h6H,1-5H2,(H,14,18)(H2,10,11,12,13,16). The molecule has 1 aliphatic heterocycles. The third-order valence-corrected chi connectivity index (χ3v) is 3.47. The third kappa shape index (κ3) is 5.11. The van der Waals surface area contributed by atoms with Crippen LogP contribution in [0.15, 0.2) is 6.33 Å². The second-order valence-electron chi connectivity index (χ2n) is 3.67. The number of aromatic amines is 1. The molecule has 1 saturated heterocycles. The van der Waals surface area contributed by atoms with Crippen molar-refractivity contribution < 1.29 is 9.53 Å². The Morgan fingerprint density at radius 1 is 1.58 bits per heavy atom. The quantitative estimate of drug-likeness (QED) is 0.647. The lowest BCUT2D eigenvalue weighted by Gasteiger charge is -2.27. The minimum atomic E-state index is -0.187. The fourth-order valence-electron chi connectivity index (χ4n) is 1.40. The molecule has 8 nitrogen and oxygen atoms in total. The molecule has 0 saturated carbocycles. The molecule has 1 aromatic heterocycles. The monoisotopic (exact) mass is 302 g/mol. The number of nitrogens with zero attached hydrogens (tertiary/aromatic N) is 3. The Balaban J connectivity index is 1.64. The first kappa shape index (κ1) is 14.2. The number of morpholine rings is 1. The lowest BCUT2D eigenvalue weighted by Crippen LogP contribution is -2.47. The molecule has 0 bridgehead atoms. The van der Waals surface area contributed by atoms with E-state index in [-0.39, 0.29) is 11.7 Å². The van der Waals surface area contributed by atoms with Gasteiger partial charge in [-0.2, -0.15) is 10.1 Å². The lowest BCUT2D eigenvalue weighted by atomic mass is 10.5. The summed E-state index contributed by atoms with van der Waals surface area (Å²) in [6, 6.07) is 0. The minimum Gasteiger partial charge on any atom is -0.379 e. The molecular weight excluding hydrogens is 288 g/mol. The van der Waals surface area contributed by atoms with E-state index < -0.39 is 0 Å². The van der Waals surface area contributed by atoms with Gasteiger partial charge in [0.15, 0.2) is 0 Å². The Morgan fingerprint density at radius 3 is 3.05 bits per heavy atom. The van der Waals surface area contributed by atoms with Crippen molar-refractivity contribution in [1.82, 2.24) is 25.6 Å². The van der Waals surface area contributed by atoms with Crippen LogP contribution < -0.4 is 10.7 Å². The number of aromatic nitrogens is 3. The van der Waals surface area contributed by atoms with Gasteiger partial charge in [0.2, 0.25) is 11.9 Å².